The van der Waals surface area contributed by atoms with Gasteiger partial charge in [0.2, 0.25) is 5.91 Å². The quantitative estimate of drug-likeness (QED) is 0.260. The first-order valence-electron chi connectivity index (χ1n) is 16.9. The fourth-order valence-electron chi connectivity index (χ4n) is 5.70. The highest BCUT2D eigenvalue weighted by molar-refractivity contribution is 6.00. The van der Waals surface area contributed by atoms with E-state index in [0.29, 0.717) is 35.0 Å². The summed E-state index contributed by atoms with van der Waals surface area (Å²) in [6.07, 6.45) is 2.01. The Morgan fingerprint density at radius 2 is 1.73 bits per heavy atom. The van der Waals surface area contributed by atoms with Crippen molar-refractivity contribution in [2.75, 3.05) is 51.1 Å². The number of fused-ring (bicyclic) bond motifs is 1. The zero-order valence-corrected chi connectivity index (χ0v) is 29.2. The van der Waals surface area contributed by atoms with Crippen LogP contribution in [-0.4, -0.2) is 91.5 Å². The molecule has 11 nitrogen and oxygen atoms in total. The van der Waals surface area contributed by atoms with Gasteiger partial charge >= 0.3 is 6.03 Å². The minimum absolute atomic E-state index is 0.181. The highest BCUT2D eigenvalue weighted by Crippen LogP contribution is 2.29. The maximum absolute atomic E-state index is 14.4. The van der Waals surface area contributed by atoms with Crippen LogP contribution in [0.25, 0.3) is 0 Å². The number of aliphatic hydroxyl groups is 1. The van der Waals surface area contributed by atoms with Crippen LogP contribution in [0.15, 0.2) is 72.8 Å². The monoisotopic (exact) mass is 674 g/mol. The van der Waals surface area contributed by atoms with Crippen LogP contribution in [0.4, 0.5) is 16.2 Å². The van der Waals surface area contributed by atoms with Crippen LogP contribution in [0.2, 0.25) is 0 Å². The van der Waals surface area contributed by atoms with Crippen LogP contribution >= 0.6 is 0 Å². The molecule has 264 valence electrons. The minimum Gasteiger partial charge on any atom is -0.497 e. The van der Waals surface area contributed by atoms with Crippen molar-refractivity contribution >= 4 is 29.2 Å². The first kappa shape index (κ1) is 37.2. The third kappa shape index (κ3) is 11.0. The van der Waals surface area contributed by atoms with Crippen molar-refractivity contribution in [1.29, 1.82) is 0 Å². The van der Waals surface area contributed by atoms with Gasteiger partial charge in [0, 0.05) is 44.0 Å². The second-order valence-corrected chi connectivity index (χ2v) is 12.8. The van der Waals surface area contributed by atoms with E-state index < -0.39 is 12.1 Å². The Balaban J connectivity index is 1.56. The first-order chi connectivity index (χ1) is 23.6. The summed E-state index contributed by atoms with van der Waals surface area (Å²) < 4.78 is 17.9. The van der Waals surface area contributed by atoms with Gasteiger partial charge in [-0.3, -0.25) is 9.59 Å². The number of hydrogen-bond acceptors (Lipinski definition) is 7. The number of carbonyl (C=O) groups excluding carboxylic acids is 3. The molecule has 0 radical (unpaired) electrons. The molecule has 4 atom stereocenters. The van der Waals surface area contributed by atoms with Gasteiger partial charge in [-0.25, -0.2) is 4.79 Å². The average Bonchev–Trinajstić information content (AvgIpc) is 3.10. The molecule has 3 N–H and O–H groups in total. The van der Waals surface area contributed by atoms with Crippen LogP contribution < -0.4 is 20.1 Å². The Morgan fingerprint density at radius 1 is 1.02 bits per heavy atom. The Hall–Kier alpha value is -4.61. The predicted molar refractivity (Wildman–Crippen MR) is 190 cm³/mol. The second kappa shape index (κ2) is 18.2. The van der Waals surface area contributed by atoms with Gasteiger partial charge in [-0.05, 0) is 81.1 Å². The maximum atomic E-state index is 14.4. The Kier molecular flexibility index (Phi) is 13.8. The molecular weight excluding hydrogens is 624 g/mol. The number of likely N-dealkylation sites (N-methyl/N-ethyl adjacent to an activating group) is 1. The molecule has 0 aromatic heterocycles. The highest BCUT2D eigenvalue weighted by Gasteiger charge is 2.31. The summed E-state index contributed by atoms with van der Waals surface area (Å²) in [6.45, 7) is 6.50. The maximum Gasteiger partial charge on any atom is 0.321 e. The molecule has 0 saturated carbocycles. The lowest BCUT2D eigenvalue weighted by atomic mass is 10.0. The number of rotatable bonds is 9. The van der Waals surface area contributed by atoms with Crippen molar-refractivity contribution in [1.82, 2.24) is 9.80 Å². The molecule has 1 aliphatic heterocycles. The molecule has 4 amide bonds. The molecule has 0 aliphatic carbocycles. The standard InChI is InChI=1S/C38H50N4O7/c1-26-23-42(27(2)25-43)37(45)33-22-31(39-36(44)21-29-12-7-6-8-13-29)16-19-34(33)49-28(3)11-9-10-20-48-35(26)24-41(4)38(46)40-30-14-17-32(47-5)18-15-30/h6-8,12-19,22,26-28,35,43H,9-11,20-21,23-25H2,1-5H3,(H,39,44)(H,40,46)/t26-,27-,28+,35-/m1/s1. The number of hydrogen-bond donors (Lipinski definition) is 3. The lowest BCUT2D eigenvalue weighted by molar-refractivity contribution is -0.115. The molecule has 0 saturated heterocycles. The van der Waals surface area contributed by atoms with E-state index in [0.717, 1.165) is 24.8 Å². The van der Waals surface area contributed by atoms with E-state index in [1.165, 1.54) is 0 Å². The zero-order chi connectivity index (χ0) is 35.3. The molecule has 1 heterocycles. The molecule has 49 heavy (non-hydrogen) atoms. The third-order valence-electron chi connectivity index (χ3n) is 8.68. The average molecular weight is 675 g/mol. The fraction of sp³-hybridized carbons (Fsp3) is 0.447. The van der Waals surface area contributed by atoms with E-state index in [1.807, 2.05) is 44.2 Å². The summed E-state index contributed by atoms with van der Waals surface area (Å²) in [5, 5.41) is 16.1. The Morgan fingerprint density at radius 3 is 2.43 bits per heavy atom. The number of amides is 4. The van der Waals surface area contributed by atoms with Crippen LogP contribution in [0.1, 0.15) is 56.0 Å². The molecule has 0 unspecified atom stereocenters. The Bertz CT molecular complexity index is 1520. The molecule has 4 rings (SSSR count). The van der Waals surface area contributed by atoms with Gasteiger partial charge in [0.15, 0.2) is 0 Å². The normalized spacial score (nSPS) is 19.4. The number of nitrogens with zero attached hydrogens (tertiary/aromatic N) is 2. The summed E-state index contributed by atoms with van der Waals surface area (Å²) in [4.78, 5) is 43.6. The third-order valence-corrected chi connectivity index (χ3v) is 8.68. The molecule has 3 aromatic rings. The number of urea groups is 1. The SMILES string of the molecule is COc1ccc(NC(=O)N(C)C[C@H]2OCCCC[C@H](C)Oc3ccc(NC(=O)Cc4ccccc4)cc3C(=O)N([C@H](C)CO)C[C@H]2C)cc1. The van der Waals surface area contributed by atoms with Crippen molar-refractivity contribution in [2.45, 2.75) is 64.7 Å². The summed E-state index contributed by atoms with van der Waals surface area (Å²) in [7, 11) is 3.30. The second-order valence-electron chi connectivity index (χ2n) is 12.8. The summed E-state index contributed by atoms with van der Waals surface area (Å²) in [5.41, 5.74) is 2.28. The van der Waals surface area contributed by atoms with Gasteiger partial charge < -0.3 is 39.8 Å². The zero-order valence-electron chi connectivity index (χ0n) is 29.2. The molecule has 11 heteroatoms. The summed E-state index contributed by atoms with van der Waals surface area (Å²) >= 11 is 0. The van der Waals surface area contributed by atoms with Crippen molar-refractivity contribution in [3.8, 4) is 11.5 Å². The number of anilines is 2. The molecule has 0 bridgehead atoms. The van der Waals surface area contributed by atoms with Gasteiger partial charge in [0.1, 0.15) is 11.5 Å². The predicted octanol–water partition coefficient (Wildman–Crippen LogP) is 5.84. The largest absolute Gasteiger partial charge is 0.497 e. The smallest absolute Gasteiger partial charge is 0.321 e. The van der Waals surface area contributed by atoms with Crippen molar-refractivity contribution < 1.29 is 33.7 Å². The van der Waals surface area contributed by atoms with Crippen molar-refractivity contribution in [2.24, 2.45) is 5.92 Å². The van der Waals surface area contributed by atoms with E-state index in [2.05, 4.69) is 10.6 Å². The van der Waals surface area contributed by atoms with Gasteiger partial charge in [0.25, 0.3) is 5.91 Å². The molecule has 1 aliphatic rings. The van der Waals surface area contributed by atoms with E-state index in [4.69, 9.17) is 14.2 Å². The highest BCUT2D eigenvalue weighted by atomic mass is 16.5. The van der Waals surface area contributed by atoms with Gasteiger partial charge in [-0.2, -0.15) is 0 Å². The lowest BCUT2D eigenvalue weighted by Crippen LogP contribution is -2.48. The molecule has 0 fully saturated rings. The van der Waals surface area contributed by atoms with E-state index in [-0.39, 0.29) is 56.0 Å². The Labute approximate surface area is 289 Å². The van der Waals surface area contributed by atoms with Gasteiger partial charge in [0.05, 0.1) is 44.0 Å². The van der Waals surface area contributed by atoms with Crippen molar-refractivity contribution in [3.05, 3.63) is 83.9 Å². The van der Waals surface area contributed by atoms with Crippen LogP contribution in [0, 0.1) is 5.92 Å². The molecular formula is C38H50N4O7. The van der Waals surface area contributed by atoms with E-state index >= 15 is 0 Å². The van der Waals surface area contributed by atoms with Crippen molar-refractivity contribution in [3.63, 3.8) is 0 Å². The fourth-order valence-corrected chi connectivity index (χ4v) is 5.70. The lowest BCUT2D eigenvalue weighted by Gasteiger charge is -2.35. The first-order valence-corrected chi connectivity index (χ1v) is 16.9. The molecule has 3 aromatic carbocycles. The van der Waals surface area contributed by atoms with E-state index in [9.17, 15) is 19.5 Å². The number of benzene rings is 3. The van der Waals surface area contributed by atoms with Gasteiger partial charge in [-0.1, -0.05) is 37.3 Å². The number of ether oxygens (including phenoxy) is 3. The number of methoxy groups -OCH3 is 1. The number of carbonyl (C=O) groups is 3. The summed E-state index contributed by atoms with van der Waals surface area (Å²) in [6, 6.07) is 20.8. The number of aliphatic hydroxyl groups excluding tert-OH is 1. The van der Waals surface area contributed by atoms with E-state index in [1.54, 1.807) is 73.3 Å². The van der Waals surface area contributed by atoms with Gasteiger partial charge in [-0.15, -0.1) is 0 Å². The van der Waals surface area contributed by atoms with Crippen LogP contribution in [0.5, 0.6) is 11.5 Å². The minimum atomic E-state index is -0.527. The topological polar surface area (TPSA) is 130 Å². The number of nitrogens with one attached hydrogen (secondary N) is 2. The molecule has 0 spiro atoms. The summed E-state index contributed by atoms with van der Waals surface area (Å²) in [5.74, 6) is 0.353. The van der Waals surface area contributed by atoms with Crippen LogP contribution in [0.3, 0.4) is 0 Å². The van der Waals surface area contributed by atoms with Crippen LogP contribution in [-0.2, 0) is 16.0 Å².